The van der Waals surface area contributed by atoms with Gasteiger partial charge in [0.2, 0.25) is 11.7 Å². The number of aliphatic hydroxyl groups is 1. The smallest absolute Gasteiger partial charge is 0.335 e. The van der Waals surface area contributed by atoms with Crippen LogP contribution in [0.5, 0.6) is 0 Å². The first-order chi connectivity index (χ1) is 14.9. The first kappa shape index (κ1) is 19.5. The maximum absolute atomic E-state index is 12.1. The third-order valence-electron chi connectivity index (χ3n) is 5.22. The van der Waals surface area contributed by atoms with Gasteiger partial charge in [0.1, 0.15) is 0 Å². The first-order valence-corrected chi connectivity index (χ1v) is 10.1. The van der Waals surface area contributed by atoms with Crippen molar-refractivity contribution in [2.45, 2.75) is 5.72 Å². The van der Waals surface area contributed by atoms with Crippen molar-refractivity contribution in [2.75, 3.05) is 4.90 Å². The lowest BCUT2D eigenvalue weighted by atomic mass is 9.91. The summed E-state index contributed by atoms with van der Waals surface area (Å²) < 4.78 is 0. The van der Waals surface area contributed by atoms with Gasteiger partial charge in [0, 0.05) is 16.1 Å². The minimum Gasteiger partial charge on any atom is -0.478 e. The summed E-state index contributed by atoms with van der Waals surface area (Å²) >= 11 is 11.8. The number of carbonyl (C=O) groups is 1. The molecule has 0 aromatic heterocycles. The monoisotopic (exact) mass is 450 g/mol. The molecule has 0 bridgehead atoms. The van der Waals surface area contributed by atoms with Crippen molar-refractivity contribution in [2.24, 2.45) is 4.99 Å². The number of benzene rings is 3. The van der Waals surface area contributed by atoms with Gasteiger partial charge in [-0.05, 0) is 48.6 Å². The van der Waals surface area contributed by atoms with Gasteiger partial charge in [0.05, 0.1) is 16.9 Å². The zero-order valence-electron chi connectivity index (χ0n) is 15.9. The normalized spacial score (nSPS) is 19.4. The van der Waals surface area contributed by atoms with Crippen molar-refractivity contribution < 1.29 is 15.0 Å². The maximum atomic E-state index is 12.1. The molecule has 9 heteroatoms. The summed E-state index contributed by atoms with van der Waals surface area (Å²) in [7, 11) is 0. The second-order valence-electron chi connectivity index (χ2n) is 7.05. The van der Waals surface area contributed by atoms with Gasteiger partial charge in [-0.15, -0.1) is 0 Å². The van der Waals surface area contributed by atoms with E-state index in [9.17, 15) is 15.0 Å². The summed E-state index contributed by atoms with van der Waals surface area (Å²) in [4.78, 5) is 17.8. The van der Waals surface area contributed by atoms with Crippen molar-refractivity contribution in [3.63, 3.8) is 0 Å². The van der Waals surface area contributed by atoms with E-state index in [4.69, 9.17) is 28.8 Å². The van der Waals surface area contributed by atoms with Crippen LogP contribution in [0.15, 0.2) is 77.8 Å². The highest BCUT2D eigenvalue weighted by Gasteiger charge is 2.51. The highest BCUT2D eigenvalue weighted by atomic mass is 35.5. The molecule has 0 amide bonds. The average Bonchev–Trinajstić information content (AvgIpc) is 3.11. The number of halogens is 1. The van der Waals surface area contributed by atoms with Gasteiger partial charge in [-0.25, -0.2) is 14.8 Å². The number of aliphatic imine (C=N–C) groups is 1. The zero-order chi connectivity index (χ0) is 21.8. The molecular formula is C22H15ClN4O3S. The van der Waals surface area contributed by atoms with Gasteiger partial charge in [-0.2, -0.15) is 0 Å². The zero-order valence-corrected chi connectivity index (χ0v) is 17.4. The fourth-order valence-electron chi connectivity index (χ4n) is 3.79. The molecule has 31 heavy (non-hydrogen) atoms. The van der Waals surface area contributed by atoms with Crippen LogP contribution < -0.4 is 10.3 Å². The maximum Gasteiger partial charge on any atom is 0.335 e. The highest BCUT2D eigenvalue weighted by Crippen LogP contribution is 2.45. The number of hydrogen-bond acceptors (Lipinski definition) is 5. The van der Waals surface area contributed by atoms with Gasteiger partial charge in [0.25, 0.3) is 0 Å². The predicted molar refractivity (Wildman–Crippen MR) is 121 cm³/mol. The van der Waals surface area contributed by atoms with Gasteiger partial charge >= 0.3 is 5.97 Å². The highest BCUT2D eigenvalue weighted by molar-refractivity contribution is 7.80. The number of nitrogens with zero attached hydrogens (tertiary/aromatic N) is 3. The van der Waals surface area contributed by atoms with Crippen LogP contribution in [0.25, 0.3) is 0 Å². The predicted octanol–water partition coefficient (Wildman–Crippen LogP) is 3.84. The fourth-order valence-corrected chi connectivity index (χ4v) is 4.24. The van der Waals surface area contributed by atoms with Gasteiger partial charge < -0.3 is 10.2 Å². The van der Waals surface area contributed by atoms with Crippen LogP contribution >= 0.6 is 23.8 Å². The molecule has 0 saturated carbocycles. The Hall–Kier alpha value is -3.46. The summed E-state index contributed by atoms with van der Waals surface area (Å²) in [5.74, 6) is -0.739. The number of hydrazine groups is 1. The molecule has 2 aliphatic heterocycles. The molecule has 0 aliphatic carbocycles. The van der Waals surface area contributed by atoms with E-state index in [1.807, 2.05) is 18.2 Å². The third kappa shape index (κ3) is 2.96. The molecule has 2 aliphatic rings. The summed E-state index contributed by atoms with van der Waals surface area (Å²) in [5, 5.41) is 23.6. The fraction of sp³-hybridized carbons (Fsp3) is 0.0455. The van der Waals surface area contributed by atoms with E-state index >= 15 is 0 Å². The van der Waals surface area contributed by atoms with Crippen LogP contribution in [0.3, 0.4) is 0 Å². The SMILES string of the molecule is O=C(O)c1cccc(N2C(=S)NN3C2=Nc2ccc(Cl)cc2C3(O)c2ccccc2)c1. The number of fused-ring (bicyclic) bond motifs is 2. The molecule has 1 atom stereocenters. The van der Waals surface area contributed by atoms with E-state index in [1.165, 1.54) is 17.1 Å². The van der Waals surface area contributed by atoms with Gasteiger partial charge in [0.15, 0.2) is 5.11 Å². The molecule has 1 unspecified atom stereocenters. The molecule has 0 spiro atoms. The summed E-state index contributed by atoms with van der Waals surface area (Å²) in [6, 6.07) is 20.5. The Morgan fingerprint density at radius 2 is 1.84 bits per heavy atom. The van der Waals surface area contributed by atoms with E-state index in [0.717, 1.165) is 0 Å². The largest absolute Gasteiger partial charge is 0.478 e. The van der Waals surface area contributed by atoms with Gasteiger partial charge in [-0.1, -0.05) is 48.0 Å². The van der Waals surface area contributed by atoms with Crippen molar-refractivity contribution >= 4 is 52.2 Å². The molecule has 7 nitrogen and oxygen atoms in total. The minimum absolute atomic E-state index is 0.112. The first-order valence-electron chi connectivity index (χ1n) is 9.30. The van der Waals surface area contributed by atoms with E-state index in [0.29, 0.717) is 33.5 Å². The molecule has 3 aromatic carbocycles. The Morgan fingerprint density at radius 1 is 1.06 bits per heavy atom. The number of carboxylic acids is 1. The molecule has 5 rings (SSSR count). The van der Waals surface area contributed by atoms with Crippen LogP contribution in [0.2, 0.25) is 5.02 Å². The molecule has 1 saturated heterocycles. The van der Waals surface area contributed by atoms with Crippen LogP contribution in [0.4, 0.5) is 11.4 Å². The number of aromatic carboxylic acids is 1. The second kappa shape index (κ2) is 7.05. The Labute approximate surface area is 187 Å². The molecule has 3 N–H and O–H groups in total. The minimum atomic E-state index is -1.66. The number of nitrogens with one attached hydrogen (secondary N) is 1. The Morgan fingerprint density at radius 3 is 2.58 bits per heavy atom. The van der Waals surface area contributed by atoms with Crippen LogP contribution in [0, 0.1) is 0 Å². The number of hydrogen-bond donors (Lipinski definition) is 3. The number of rotatable bonds is 3. The third-order valence-corrected chi connectivity index (χ3v) is 5.73. The lowest BCUT2D eigenvalue weighted by molar-refractivity contribution is -0.0509. The Bertz CT molecular complexity index is 1270. The Kier molecular flexibility index (Phi) is 4.44. The van der Waals surface area contributed by atoms with Crippen LogP contribution in [-0.4, -0.2) is 32.3 Å². The van der Waals surface area contributed by atoms with E-state index in [1.54, 1.807) is 47.4 Å². The van der Waals surface area contributed by atoms with E-state index in [2.05, 4.69) is 5.43 Å². The summed E-state index contributed by atoms with van der Waals surface area (Å²) in [6.45, 7) is 0. The lowest BCUT2D eigenvalue weighted by Gasteiger charge is -2.41. The van der Waals surface area contributed by atoms with Crippen molar-refractivity contribution in [3.05, 3.63) is 94.5 Å². The van der Waals surface area contributed by atoms with Gasteiger partial charge in [-0.3, -0.25) is 10.3 Å². The summed E-state index contributed by atoms with van der Waals surface area (Å²) in [6.07, 6.45) is 0. The van der Waals surface area contributed by atoms with Crippen molar-refractivity contribution in [3.8, 4) is 0 Å². The van der Waals surface area contributed by atoms with Crippen LogP contribution in [0.1, 0.15) is 21.5 Å². The topological polar surface area (TPSA) is 88.4 Å². The van der Waals surface area contributed by atoms with Crippen molar-refractivity contribution in [1.29, 1.82) is 0 Å². The van der Waals surface area contributed by atoms with Crippen molar-refractivity contribution in [1.82, 2.24) is 10.4 Å². The Balaban J connectivity index is 1.73. The second-order valence-corrected chi connectivity index (χ2v) is 7.88. The standard InChI is InChI=1S/C22H15ClN4O3S/c23-15-9-10-18-17(12-15)22(30,14-6-2-1-3-7-14)27-20(24-18)26(21(31)25-27)16-8-4-5-13(11-16)19(28)29/h1-12,30H,(H,25,31)(H,28,29). The average molecular weight is 451 g/mol. The molecule has 3 aromatic rings. The molecule has 154 valence electrons. The summed E-state index contributed by atoms with van der Waals surface area (Å²) in [5.41, 5.74) is 3.57. The number of anilines is 1. The molecular weight excluding hydrogens is 436 g/mol. The molecule has 2 heterocycles. The number of carboxylic acid groups (broad SMARTS) is 1. The lowest BCUT2D eigenvalue weighted by Crippen LogP contribution is -2.55. The molecule has 0 radical (unpaired) electrons. The van der Waals surface area contributed by atoms with E-state index < -0.39 is 11.7 Å². The number of thiocarbonyl (C=S) groups is 1. The quantitative estimate of drug-likeness (QED) is 0.522. The van der Waals surface area contributed by atoms with E-state index in [-0.39, 0.29) is 10.7 Å². The van der Waals surface area contributed by atoms with Crippen LogP contribution in [-0.2, 0) is 5.72 Å². The number of guanidine groups is 1. The molecule has 1 fully saturated rings.